The topological polar surface area (TPSA) is 38.0 Å². The van der Waals surface area contributed by atoms with Gasteiger partial charge in [-0.3, -0.25) is 11.3 Å². The van der Waals surface area contributed by atoms with Gasteiger partial charge in [0.15, 0.2) is 0 Å². The molecule has 88 valence electrons. The molecule has 1 aliphatic rings. The van der Waals surface area contributed by atoms with Crippen molar-refractivity contribution in [3.63, 3.8) is 0 Å². The summed E-state index contributed by atoms with van der Waals surface area (Å²) in [6, 6.07) is 6.99. The molecular formula is C14H22N2. The van der Waals surface area contributed by atoms with Crippen LogP contribution in [0, 0.1) is 19.8 Å². The van der Waals surface area contributed by atoms with Gasteiger partial charge in [0.25, 0.3) is 0 Å². The maximum Gasteiger partial charge on any atom is 0.0490 e. The zero-order valence-electron chi connectivity index (χ0n) is 10.3. The van der Waals surface area contributed by atoms with Gasteiger partial charge in [0.1, 0.15) is 0 Å². The summed E-state index contributed by atoms with van der Waals surface area (Å²) in [6.45, 7) is 4.32. The van der Waals surface area contributed by atoms with Gasteiger partial charge in [-0.2, -0.15) is 0 Å². The molecule has 1 aromatic carbocycles. The Bertz CT molecular complexity index is 354. The van der Waals surface area contributed by atoms with E-state index in [9.17, 15) is 0 Å². The molecule has 1 saturated carbocycles. The number of hydrazine groups is 1. The Hall–Kier alpha value is -0.860. The molecule has 0 aliphatic heterocycles. The fourth-order valence-corrected chi connectivity index (χ4v) is 2.95. The highest BCUT2D eigenvalue weighted by Crippen LogP contribution is 2.36. The van der Waals surface area contributed by atoms with Crippen LogP contribution in [-0.2, 0) is 0 Å². The Morgan fingerprint density at radius 3 is 2.50 bits per heavy atom. The van der Waals surface area contributed by atoms with Crippen LogP contribution in [0.5, 0.6) is 0 Å². The van der Waals surface area contributed by atoms with Crippen molar-refractivity contribution in [3.8, 4) is 0 Å². The van der Waals surface area contributed by atoms with Gasteiger partial charge in [0, 0.05) is 6.04 Å². The Kier molecular flexibility index (Phi) is 3.62. The van der Waals surface area contributed by atoms with Crippen molar-refractivity contribution in [2.75, 3.05) is 0 Å². The van der Waals surface area contributed by atoms with Gasteiger partial charge in [-0.1, -0.05) is 36.6 Å². The minimum Gasteiger partial charge on any atom is -0.271 e. The summed E-state index contributed by atoms with van der Waals surface area (Å²) in [5.41, 5.74) is 7.07. The van der Waals surface area contributed by atoms with Gasteiger partial charge in [-0.15, -0.1) is 0 Å². The number of nitrogens with two attached hydrogens (primary N) is 1. The van der Waals surface area contributed by atoms with Gasteiger partial charge in [-0.25, -0.2) is 0 Å². The maximum atomic E-state index is 5.74. The fourth-order valence-electron chi connectivity index (χ4n) is 2.95. The molecule has 1 fully saturated rings. The van der Waals surface area contributed by atoms with Gasteiger partial charge >= 0.3 is 0 Å². The summed E-state index contributed by atoms with van der Waals surface area (Å²) >= 11 is 0. The summed E-state index contributed by atoms with van der Waals surface area (Å²) in [5, 5.41) is 0. The molecule has 0 aromatic heterocycles. The first kappa shape index (κ1) is 11.6. The summed E-state index contributed by atoms with van der Waals surface area (Å²) in [5.74, 6) is 6.46. The minimum absolute atomic E-state index is 0.336. The zero-order valence-corrected chi connectivity index (χ0v) is 10.3. The molecular weight excluding hydrogens is 196 g/mol. The lowest BCUT2D eigenvalue weighted by Gasteiger charge is -2.24. The highest BCUT2D eigenvalue weighted by molar-refractivity contribution is 5.33. The van der Waals surface area contributed by atoms with E-state index >= 15 is 0 Å². The standard InChI is InChI=1S/C14H22N2/c1-10-7-8-13(11(2)9-10)14(16-15)12-5-3-4-6-12/h7-9,12,14,16H,3-6,15H2,1-2H3. The number of nitrogens with one attached hydrogen (secondary N) is 1. The fraction of sp³-hybridized carbons (Fsp3) is 0.571. The van der Waals surface area contributed by atoms with Gasteiger partial charge in [0.2, 0.25) is 0 Å². The molecule has 1 unspecified atom stereocenters. The molecule has 0 radical (unpaired) electrons. The first-order valence-corrected chi connectivity index (χ1v) is 6.25. The second kappa shape index (κ2) is 4.98. The van der Waals surface area contributed by atoms with E-state index in [1.807, 2.05) is 0 Å². The molecule has 16 heavy (non-hydrogen) atoms. The van der Waals surface area contributed by atoms with Gasteiger partial charge in [-0.05, 0) is 43.7 Å². The van der Waals surface area contributed by atoms with E-state index in [4.69, 9.17) is 5.84 Å². The highest BCUT2D eigenvalue weighted by atomic mass is 15.2. The van der Waals surface area contributed by atoms with Crippen molar-refractivity contribution in [3.05, 3.63) is 34.9 Å². The first-order chi connectivity index (χ1) is 7.72. The smallest absolute Gasteiger partial charge is 0.0490 e. The van der Waals surface area contributed by atoms with Gasteiger partial charge < -0.3 is 0 Å². The average molecular weight is 218 g/mol. The Morgan fingerprint density at radius 1 is 1.25 bits per heavy atom. The minimum atomic E-state index is 0.336. The van der Waals surface area contributed by atoms with Crippen LogP contribution in [0.15, 0.2) is 18.2 Å². The molecule has 2 rings (SSSR count). The lowest BCUT2D eigenvalue weighted by atomic mass is 9.89. The molecule has 0 amide bonds. The maximum absolute atomic E-state index is 5.74. The quantitative estimate of drug-likeness (QED) is 0.604. The predicted octanol–water partition coefficient (Wildman–Crippen LogP) is 3.00. The van der Waals surface area contributed by atoms with E-state index in [0.717, 1.165) is 0 Å². The summed E-state index contributed by atoms with van der Waals surface area (Å²) in [4.78, 5) is 0. The van der Waals surface area contributed by atoms with Crippen LogP contribution in [-0.4, -0.2) is 0 Å². The summed E-state index contributed by atoms with van der Waals surface area (Å²) in [6.07, 6.45) is 5.33. The van der Waals surface area contributed by atoms with Crippen molar-refractivity contribution < 1.29 is 0 Å². The molecule has 0 heterocycles. The third kappa shape index (κ3) is 2.28. The molecule has 0 saturated heterocycles. The van der Waals surface area contributed by atoms with E-state index in [-0.39, 0.29) is 0 Å². The van der Waals surface area contributed by atoms with E-state index in [2.05, 4.69) is 37.5 Å². The van der Waals surface area contributed by atoms with Crippen LogP contribution in [0.4, 0.5) is 0 Å². The van der Waals surface area contributed by atoms with Crippen LogP contribution in [0.1, 0.15) is 48.4 Å². The van der Waals surface area contributed by atoms with Gasteiger partial charge in [0.05, 0.1) is 0 Å². The summed E-state index contributed by atoms with van der Waals surface area (Å²) < 4.78 is 0. The predicted molar refractivity (Wildman–Crippen MR) is 67.9 cm³/mol. The second-order valence-electron chi connectivity index (χ2n) is 5.05. The number of hydrogen-bond acceptors (Lipinski definition) is 2. The molecule has 2 heteroatoms. The lowest BCUT2D eigenvalue weighted by Crippen LogP contribution is -2.33. The monoisotopic (exact) mass is 218 g/mol. The van der Waals surface area contributed by atoms with E-state index in [1.54, 1.807) is 0 Å². The molecule has 3 N–H and O–H groups in total. The average Bonchev–Trinajstić information content (AvgIpc) is 2.75. The van der Waals surface area contributed by atoms with Crippen LogP contribution >= 0.6 is 0 Å². The molecule has 1 aliphatic carbocycles. The molecule has 1 atom stereocenters. The molecule has 2 nitrogen and oxygen atoms in total. The van der Waals surface area contributed by atoms with E-state index in [1.165, 1.54) is 42.4 Å². The first-order valence-electron chi connectivity index (χ1n) is 6.25. The SMILES string of the molecule is Cc1ccc(C(NN)C2CCCC2)c(C)c1. The Morgan fingerprint density at radius 2 is 1.94 bits per heavy atom. The van der Waals surface area contributed by atoms with Crippen molar-refractivity contribution in [2.24, 2.45) is 11.8 Å². The largest absolute Gasteiger partial charge is 0.271 e. The molecule has 0 bridgehead atoms. The van der Waals surface area contributed by atoms with Crippen molar-refractivity contribution in [2.45, 2.75) is 45.6 Å². The van der Waals surface area contributed by atoms with Crippen LogP contribution in [0.25, 0.3) is 0 Å². The van der Waals surface area contributed by atoms with E-state index in [0.29, 0.717) is 12.0 Å². The van der Waals surface area contributed by atoms with Crippen LogP contribution in [0.2, 0.25) is 0 Å². The molecule has 0 spiro atoms. The number of hydrogen-bond donors (Lipinski definition) is 2. The Labute approximate surface area is 98.2 Å². The van der Waals surface area contributed by atoms with Crippen LogP contribution in [0.3, 0.4) is 0 Å². The zero-order chi connectivity index (χ0) is 11.5. The van der Waals surface area contributed by atoms with Crippen molar-refractivity contribution in [1.29, 1.82) is 0 Å². The van der Waals surface area contributed by atoms with Crippen molar-refractivity contribution in [1.82, 2.24) is 5.43 Å². The van der Waals surface area contributed by atoms with Crippen LogP contribution < -0.4 is 11.3 Å². The summed E-state index contributed by atoms with van der Waals surface area (Å²) in [7, 11) is 0. The number of benzene rings is 1. The van der Waals surface area contributed by atoms with Crippen molar-refractivity contribution >= 4 is 0 Å². The Balaban J connectivity index is 2.25. The van der Waals surface area contributed by atoms with E-state index < -0.39 is 0 Å². The lowest BCUT2D eigenvalue weighted by molar-refractivity contribution is 0.372. The third-order valence-corrected chi connectivity index (χ3v) is 3.81. The number of aryl methyl sites for hydroxylation is 2. The number of rotatable bonds is 3. The normalized spacial score (nSPS) is 18.9. The molecule has 1 aromatic rings. The third-order valence-electron chi connectivity index (χ3n) is 3.81. The second-order valence-corrected chi connectivity index (χ2v) is 5.05. The highest BCUT2D eigenvalue weighted by Gasteiger charge is 2.26.